The minimum atomic E-state index is -0.467. The zero-order chi connectivity index (χ0) is 13.1. The third-order valence-corrected chi connectivity index (χ3v) is 3.22. The van der Waals surface area contributed by atoms with Crippen LogP contribution in [-0.2, 0) is 16.0 Å². The Labute approximate surface area is 107 Å². The normalized spacial score (nSPS) is 10.5. The van der Waals surface area contributed by atoms with Crippen LogP contribution in [0.2, 0.25) is 0 Å². The Morgan fingerprint density at radius 2 is 2.33 bits per heavy atom. The van der Waals surface area contributed by atoms with Gasteiger partial charge in [-0.3, -0.25) is 14.9 Å². The summed E-state index contributed by atoms with van der Waals surface area (Å²) in [4.78, 5) is 21.6. The fraction of sp³-hybridized carbons (Fsp3) is 0.273. The van der Waals surface area contributed by atoms with Gasteiger partial charge in [-0.25, -0.2) is 0 Å². The van der Waals surface area contributed by atoms with E-state index >= 15 is 0 Å². The van der Waals surface area contributed by atoms with Crippen molar-refractivity contribution in [3.05, 3.63) is 34.0 Å². The van der Waals surface area contributed by atoms with Gasteiger partial charge in [0.05, 0.1) is 28.3 Å². The summed E-state index contributed by atoms with van der Waals surface area (Å²) in [6.45, 7) is 2.03. The Kier molecular flexibility index (Phi) is 3.52. The van der Waals surface area contributed by atoms with Gasteiger partial charge in [0.15, 0.2) is 0 Å². The van der Waals surface area contributed by atoms with Crippen molar-refractivity contribution in [3.8, 4) is 0 Å². The highest BCUT2D eigenvalue weighted by Gasteiger charge is 2.14. The van der Waals surface area contributed by atoms with Crippen LogP contribution in [0.3, 0.4) is 0 Å². The first-order chi connectivity index (χ1) is 8.61. The van der Waals surface area contributed by atoms with Gasteiger partial charge in [0.2, 0.25) is 0 Å². The van der Waals surface area contributed by atoms with Crippen molar-refractivity contribution in [2.24, 2.45) is 0 Å². The van der Waals surface area contributed by atoms with Gasteiger partial charge in [-0.05, 0) is 24.5 Å². The van der Waals surface area contributed by atoms with Gasteiger partial charge >= 0.3 is 5.97 Å². The molecule has 6 nitrogen and oxygen atoms in total. The lowest BCUT2D eigenvalue weighted by atomic mass is 10.1. The summed E-state index contributed by atoms with van der Waals surface area (Å²) in [6.07, 6.45) is 0.0367. The van der Waals surface area contributed by atoms with Crippen LogP contribution in [0, 0.1) is 10.1 Å². The molecule has 0 aliphatic heterocycles. The molecule has 0 fully saturated rings. The van der Waals surface area contributed by atoms with Gasteiger partial charge in [0, 0.05) is 17.5 Å². The summed E-state index contributed by atoms with van der Waals surface area (Å²) in [7, 11) is 0. The Morgan fingerprint density at radius 1 is 1.56 bits per heavy atom. The number of benzene rings is 1. The van der Waals surface area contributed by atoms with Crippen LogP contribution in [0.25, 0.3) is 10.1 Å². The van der Waals surface area contributed by atoms with Crippen molar-refractivity contribution in [3.63, 3.8) is 0 Å². The Morgan fingerprint density at radius 3 is 3.00 bits per heavy atom. The maximum Gasteiger partial charge on any atom is 0.311 e. The van der Waals surface area contributed by atoms with Crippen molar-refractivity contribution in [1.82, 2.24) is 4.37 Å². The molecule has 2 aromatic rings. The van der Waals surface area contributed by atoms with Gasteiger partial charge in [-0.2, -0.15) is 4.37 Å². The number of hydrogen-bond acceptors (Lipinski definition) is 6. The number of fused-ring (bicyclic) bond motifs is 1. The number of nitro benzene ring substituents is 1. The Balaban J connectivity index is 2.36. The van der Waals surface area contributed by atoms with E-state index in [0.717, 1.165) is 4.70 Å². The van der Waals surface area contributed by atoms with Crippen molar-refractivity contribution in [2.75, 3.05) is 6.61 Å². The number of carbonyl (C=O) groups is 1. The number of hydrogen-bond donors (Lipinski definition) is 0. The average molecular weight is 266 g/mol. The molecule has 1 aromatic carbocycles. The molecule has 18 heavy (non-hydrogen) atoms. The molecular formula is C11H10N2O4S. The van der Waals surface area contributed by atoms with Gasteiger partial charge in [-0.1, -0.05) is 0 Å². The molecule has 2 rings (SSSR count). The van der Waals surface area contributed by atoms with Crippen molar-refractivity contribution < 1.29 is 14.5 Å². The summed E-state index contributed by atoms with van der Waals surface area (Å²) < 4.78 is 9.79. The van der Waals surface area contributed by atoms with Gasteiger partial charge < -0.3 is 4.74 Å². The molecule has 0 saturated carbocycles. The van der Waals surface area contributed by atoms with Crippen molar-refractivity contribution in [2.45, 2.75) is 13.3 Å². The highest BCUT2D eigenvalue weighted by molar-refractivity contribution is 7.13. The highest BCUT2D eigenvalue weighted by Crippen LogP contribution is 2.27. The summed E-state index contributed by atoms with van der Waals surface area (Å²) in [6, 6.07) is 4.50. The number of non-ortho nitro benzene ring substituents is 1. The number of aromatic nitrogens is 1. The molecule has 0 spiro atoms. The van der Waals surface area contributed by atoms with E-state index in [1.165, 1.54) is 23.7 Å². The van der Waals surface area contributed by atoms with E-state index in [1.807, 2.05) is 0 Å². The van der Waals surface area contributed by atoms with Crippen LogP contribution in [-0.4, -0.2) is 21.9 Å². The fourth-order valence-electron chi connectivity index (χ4n) is 1.57. The van der Waals surface area contributed by atoms with Gasteiger partial charge in [-0.15, -0.1) is 0 Å². The van der Waals surface area contributed by atoms with E-state index in [9.17, 15) is 14.9 Å². The maximum absolute atomic E-state index is 11.4. The first-order valence-electron chi connectivity index (χ1n) is 5.30. The molecule has 0 amide bonds. The van der Waals surface area contributed by atoms with E-state index in [2.05, 4.69) is 4.37 Å². The summed E-state index contributed by atoms with van der Waals surface area (Å²) >= 11 is 1.21. The largest absolute Gasteiger partial charge is 0.466 e. The predicted octanol–water partition coefficient (Wildman–Crippen LogP) is 2.31. The predicted molar refractivity (Wildman–Crippen MR) is 66.6 cm³/mol. The van der Waals surface area contributed by atoms with Crippen LogP contribution in [0.15, 0.2) is 18.2 Å². The molecular weight excluding hydrogens is 256 g/mol. The molecule has 7 heteroatoms. The fourth-order valence-corrected chi connectivity index (χ4v) is 2.34. The van der Waals surface area contributed by atoms with Crippen molar-refractivity contribution >= 4 is 33.3 Å². The molecule has 1 aromatic heterocycles. The van der Waals surface area contributed by atoms with Crippen LogP contribution in [0.4, 0.5) is 5.69 Å². The monoisotopic (exact) mass is 266 g/mol. The molecule has 0 bridgehead atoms. The SMILES string of the molecule is CCOC(=O)Cc1nsc2ccc([N+](=O)[O-])cc12. The summed E-state index contributed by atoms with van der Waals surface area (Å²) in [5.74, 6) is -0.379. The third-order valence-electron chi connectivity index (χ3n) is 2.36. The molecule has 0 N–H and O–H groups in total. The van der Waals surface area contributed by atoms with E-state index < -0.39 is 4.92 Å². The highest BCUT2D eigenvalue weighted by atomic mass is 32.1. The van der Waals surface area contributed by atoms with E-state index in [1.54, 1.807) is 13.0 Å². The average Bonchev–Trinajstić information content (AvgIpc) is 2.72. The number of rotatable bonds is 4. The molecule has 0 aliphatic carbocycles. The number of nitro groups is 1. The smallest absolute Gasteiger partial charge is 0.311 e. The van der Waals surface area contributed by atoms with Crippen LogP contribution in [0.5, 0.6) is 0 Å². The van der Waals surface area contributed by atoms with Crippen molar-refractivity contribution in [1.29, 1.82) is 0 Å². The summed E-state index contributed by atoms with van der Waals surface area (Å²) in [5.41, 5.74) is 0.518. The lowest BCUT2D eigenvalue weighted by molar-refractivity contribution is -0.384. The Hall–Kier alpha value is -2.02. The van der Waals surface area contributed by atoms with Gasteiger partial charge in [0.25, 0.3) is 5.69 Å². The zero-order valence-electron chi connectivity index (χ0n) is 9.58. The van der Waals surface area contributed by atoms with E-state index in [0.29, 0.717) is 17.7 Å². The first-order valence-corrected chi connectivity index (χ1v) is 6.07. The Bertz CT molecular complexity index is 608. The molecule has 94 valence electrons. The number of ether oxygens (including phenoxy) is 1. The number of esters is 1. The molecule has 0 saturated heterocycles. The lowest BCUT2D eigenvalue weighted by Crippen LogP contribution is -2.07. The molecule has 0 unspecified atom stereocenters. The van der Waals surface area contributed by atoms with Crippen LogP contribution in [0.1, 0.15) is 12.6 Å². The van der Waals surface area contributed by atoms with E-state index in [4.69, 9.17) is 4.74 Å². The maximum atomic E-state index is 11.4. The third kappa shape index (κ3) is 2.45. The second-order valence-corrected chi connectivity index (χ2v) is 4.35. The molecule has 1 heterocycles. The lowest BCUT2D eigenvalue weighted by Gasteiger charge is -1.99. The minimum absolute atomic E-state index is 0.00666. The second-order valence-electron chi connectivity index (χ2n) is 3.55. The first kappa shape index (κ1) is 12.4. The number of carbonyl (C=O) groups excluding carboxylic acids is 1. The van der Waals surface area contributed by atoms with Gasteiger partial charge in [0.1, 0.15) is 0 Å². The van der Waals surface area contributed by atoms with Crippen LogP contribution >= 0.6 is 11.5 Å². The zero-order valence-corrected chi connectivity index (χ0v) is 10.4. The summed E-state index contributed by atoms with van der Waals surface area (Å²) in [5, 5.41) is 11.3. The molecule has 0 aliphatic rings. The number of nitrogens with zero attached hydrogens (tertiary/aromatic N) is 2. The van der Waals surface area contributed by atoms with Crippen LogP contribution < -0.4 is 0 Å². The minimum Gasteiger partial charge on any atom is -0.466 e. The molecule has 0 radical (unpaired) electrons. The van der Waals surface area contributed by atoms with E-state index in [-0.39, 0.29) is 18.1 Å². The molecule has 0 atom stereocenters. The topological polar surface area (TPSA) is 82.3 Å². The standard InChI is InChI=1S/C11H10N2O4S/c1-2-17-11(14)6-9-8-5-7(13(15)16)3-4-10(8)18-12-9/h3-5H,2,6H2,1H3. The quantitative estimate of drug-likeness (QED) is 0.481. The second kappa shape index (κ2) is 5.09.